The molecule has 4 unspecified atom stereocenters. The van der Waals surface area contributed by atoms with Crippen molar-refractivity contribution in [3.05, 3.63) is 102 Å². The van der Waals surface area contributed by atoms with Crippen LogP contribution in [-0.4, -0.2) is 69.0 Å². The molecule has 0 aliphatic carbocycles. The van der Waals surface area contributed by atoms with Crippen LogP contribution in [0.2, 0.25) is 0 Å². The van der Waals surface area contributed by atoms with Crippen LogP contribution >= 0.6 is 0 Å². The molecular formula is C33H36N6O7. The molecule has 3 aromatic carbocycles. The van der Waals surface area contributed by atoms with E-state index in [1.165, 1.54) is 12.1 Å². The number of aromatic nitrogens is 1. The minimum Gasteiger partial charge on any atom is -0.508 e. The number of benzene rings is 3. The summed E-state index contributed by atoms with van der Waals surface area (Å²) in [5, 5.41) is 27.7. The normalized spacial score (nSPS) is 13.6. The maximum atomic E-state index is 13.8. The Bertz CT molecular complexity index is 1690. The molecule has 0 saturated heterocycles. The molecule has 13 heteroatoms. The molecular weight excluding hydrogens is 592 g/mol. The maximum absolute atomic E-state index is 13.8. The summed E-state index contributed by atoms with van der Waals surface area (Å²) in [4.78, 5) is 66.9. The van der Waals surface area contributed by atoms with Crippen molar-refractivity contribution in [1.29, 1.82) is 0 Å². The van der Waals surface area contributed by atoms with Gasteiger partial charge in [-0.3, -0.25) is 19.2 Å². The molecule has 0 saturated carbocycles. The average Bonchev–Trinajstić information content (AvgIpc) is 3.43. The van der Waals surface area contributed by atoms with Gasteiger partial charge in [0.1, 0.15) is 23.9 Å². The number of phenolic OH excluding ortho intramolecular Hbond substituents is 1. The fraction of sp³-hybridized carbons (Fsp3) is 0.242. The van der Waals surface area contributed by atoms with E-state index in [0.29, 0.717) is 11.1 Å². The molecule has 0 radical (unpaired) electrons. The molecule has 4 rings (SSSR count). The Hall–Kier alpha value is -5.69. The van der Waals surface area contributed by atoms with E-state index in [-0.39, 0.29) is 25.0 Å². The van der Waals surface area contributed by atoms with Crippen molar-refractivity contribution in [1.82, 2.24) is 20.9 Å². The van der Waals surface area contributed by atoms with Gasteiger partial charge in [0.15, 0.2) is 0 Å². The molecule has 4 atom stereocenters. The molecule has 4 amide bonds. The molecule has 0 spiro atoms. The second kappa shape index (κ2) is 15.3. The van der Waals surface area contributed by atoms with Crippen molar-refractivity contribution in [2.75, 3.05) is 0 Å². The first-order chi connectivity index (χ1) is 22.0. The average molecular weight is 629 g/mol. The number of phenols is 1. The molecule has 0 bridgehead atoms. The van der Waals surface area contributed by atoms with Gasteiger partial charge >= 0.3 is 5.97 Å². The lowest BCUT2D eigenvalue weighted by molar-refractivity contribution is -0.143. The first-order valence-corrected chi connectivity index (χ1v) is 14.5. The Morgan fingerprint density at radius 2 is 1.26 bits per heavy atom. The first kappa shape index (κ1) is 33.2. The van der Waals surface area contributed by atoms with Crippen LogP contribution in [-0.2, 0) is 43.2 Å². The van der Waals surface area contributed by atoms with Gasteiger partial charge < -0.3 is 42.6 Å². The smallest absolute Gasteiger partial charge is 0.326 e. The molecule has 1 heterocycles. The van der Waals surface area contributed by atoms with Gasteiger partial charge in [-0.05, 0) is 41.3 Å². The Balaban J connectivity index is 1.60. The third-order valence-corrected chi connectivity index (χ3v) is 7.40. The Labute approximate surface area is 264 Å². The van der Waals surface area contributed by atoms with Crippen LogP contribution in [0.25, 0.3) is 10.9 Å². The molecule has 46 heavy (non-hydrogen) atoms. The van der Waals surface area contributed by atoms with Crippen molar-refractivity contribution in [3.8, 4) is 5.75 Å². The summed E-state index contributed by atoms with van der Waals surface area (Å²) in [5.74, 6) is -4.62. The quantitative estimate of drug-likeness (QED) is 0.0929. The van der Waals surface area contributed by atoms with Crippen LogP contribution < -0.4 is 27.4 Å². The number of rotatable bonds is 15. The van der Waals surface area contributed by atoms with Gasteiger partial charge in [-0.25, -0.2) is 4.79 Å². The van der Waals surface area contributed by atoms with Gasteiger partial charge in [-0.2, -0.15) is 0 Å². The summed E-state index contributed by atoms with van der Waals surface area (Å²) < 4.78 is 0. The van der Waals surface area contributed by atoms with Crippen molar-refractivity contribution < 1.29 is 34.2 Å². The highest BCUT2D eigenvalue weighted by atomic mass is 16.4. The highest BCUT2D eigenvalue weighted by Crippen LogP contribution is 2.20. The number of carboxylic acid groups (broad SMARTS) is 1. The van der Waals surface area contributed by atoms with Crippen LogP contribution in [0.5, 0.6) is 5.75 Å². The van der Waals surface area contributed by atoms with Gasteiger partial charge in [0, 0.05) is 29.9 Å². The van der Waals surface area contributed by atoms with Crippen LogP contribution in [0.1, 0.15) is 23.1 Å². The number of H-pyrrole nitrogens is 1. The van der Waals surface area contributed by atoms with Gasteiger partial charge in [-0.15, -0.1) is 0 Å². The topological polar surface area (TPSA) is 230 Å². The summed E-state index contributed by atoms with van der Waals surface area (Å²) >= 11 is 0. The fourth-order valence-corrected chi connectivity index (χ4v) is 4.99. The minimum absolute atomic E-state index is 0.0121. The summed E-state index contributed by atoms with van der Waals surface area (Å²) in [6.45, 7) is 0. The van der Waals surface area contributed by atoms with Gasteiger partial charge in [0.05, 0.1) is 12.5 Å². The zero-order chi connectivity index (χ0) is 33.2. The minimum atomic E-state index is -1.63. The number of primary amides is 1. The maximum Gasteiger partial charge on any atom is 0.326 e. The van der Waals surface area contributed by atoms with E-state index in [4.69, 9.17) is 11.5 Å². The number of carbonyl (C=O) groups is 5. The number of nitrogens with one attached hydrogen (secondary N) is 4. The summed E-state index contributed by atoms with van der Waals surface area (Å²) in [6.07, 6.45) is 1.15. The van der Waals surface area contributed by atoms with E-state index >= 15 is 0 Å². The van der Waals surface area contributed by atoms with Crippen LogP contribution in [0.4, 0.5) is 0 Å². The van der Waals surface area contributed by atoms with Gasteiger partial charge in [0.25, 0.3) is 0 Å². The number of fused-ring (bicyclic) bond motifs is 1. The highest BCUT2D eigenvalue weighted by molar-refractivity contribution is 5.95. The number of amides is 4. The number of nitrogens with two attached hydrogens (primary N) is 2. The molecule has 0 fully saturated rings. The Kier molecular flexibility index (Phi) is 11.1. The second-order valence-electron chi connectivity index (χ2n) is 10.9. The molecule has 0 aliphatic rings. The third kappa shape index (κ3) is 9.16. The fourth-order valence-electron chi connectivity index (χ4n) is 4.99. The molecule has 13 nitrogen and oxygen atoms in total. The zero-order valence-corrected chi connectivity index (χ0v) is 24.8. The third-order valence-electron chi connectivity index (χ3n) is 7.40. The summed E-state index contributed by atoms with van der Waals surface area (Å²) in [5.41, 5.74) is 14.2. The van der Waals surface area contributed by atoms with E-state index in [1.54, 1.807) is 18.3 Å². The van der Waals surface area contributed by atoms with E-state index < -0.39 is 60.2 Å². The second-order valence-corrected chi connectivity index (χ2v) is 10.9. The predicted octanol–water partition coefficient (Wildman–Crippen LogP) is 0.643. The van der Waals surface area contributed by atoms with E-state index in [1.807, 2.05) is 54.6 Å². The van der Waals surface area contributed by atoms with Crippen molar-refractivity contribution >= 4 is 40.5 Å². The van der Waals surface area contributed by atoms with Crippen LogP contribution in [0.3, 0.4) is 0 Å². The number of para-hydroxylation sites is 1. The van der Waals surface area contributed by atoms with E-state index in [2.05, 4.69) is 20.9 Å². The standard InChI is InChI=1S/C33H36N6O7/c34-24(14-19-6-2-1-3-7-19)30(42)37-26(15-20-10-12-22(40)13-11-20)31(43)38-27(32(44)39-28(33(45)46)17-29(35)41)16-21-18-36-25-9-5-4-8-23(21)25/h1-13,18,24,26-28,36,40H,14-17,34H2,(H2,35,41)(H,37,42)(H,38,43)(H,39,44)(H,45,46). The molecule has 4 aromatic rings. The largest absolute Gasteiger partial charge is 0.508 e. The number of carbonyl (C=O) groups excluding carboxylic acids is 4. The molecule has 240 valence electrons. The monoisotopic (exact) mass is 628 g/mol. The Morgan fingerprint density at radius 3 is 1.91 bits per heavy atom. The number of carboxylic acids is 1. The van der Waals surface area contributed by atoms with E-state index in [0.717, 1.165) is 16.5 Å². The van der Waals surface area contributed by atoms with Crippen LogP contribution in [0.15, 0.2) is 85.1 Å². The van der Waals surface area contributed by atoms with Gasteiger partial charge in [-0.1, -0.05) is 60.7 Å². The number of aromatic hydroxyl groups is 1. The lowest BCUT2D eigenvalue weighted by Gasteiger charge is -2.25. The summed E-state index contributed by atoms with van der Waals surface area (Å²) in [7, 11) is 0. The number of hydrogen-bond donors (Lipinski definition) is 8. The van der Waals surface area contributed by atoms with Crippen molar-refractivity contribution in [2.24, 2.45) is 11.5 Å². The summed E-state index contributed by atoms with van der Waals surface area (Å²) in [6, 6.07) is 17.3. The van der Waals surface area contributed by atoms with Gasteiger partial charge in [0.2, 0.25) is 23.6 Å². The Morgan fingerprint density at radius 1 is 0.696 bits per heavy atom. The van der Waals surface area contributed by atoms with Crippen molar-refractivity contribution in [3.63, 3.8) is 0 Å². The van der Waals surface area contributed by atoms with Crippen molar-refractivity contribution in [2.45, 2.75) is 49.9 Å². The lowest BCUT2D eigenvalue weighted by Crippen LogP contribution is -2.58. The molecule has 10 N–H and O–H groups in total. The lowest BCUT2D eigenvalue weighted by atomic mass is 10.0. The SMILES string of the molecule is NC(=O)CC(NC(=O)C(Cc1c[nH]c2ccccc12)NC(=O)C(Cc1ccc(O)cc1)NC(=O)C(N)Cc1ccccc1)C(=O)O. The number of aromatic amines is 1. The molecule has 0 aliphatic heterocycles. The molecule has 1 aromatic heterocycles. The number of aliphatic carboxylic acids is 1. The number of hydrogen-bond acceptors (Lipinski definition) is 7. The highest BCUT2D eigenvalue weighted by Gasteiger charge is 2.32. The predicted molar refractivity (Wildman–Crippen MR) is 169 cm³/mol. The van der Waals surface area contributed by atoms with E-state index in [9.17, 15) is 34.2 Å². The zero-order valence-electron chi connectivity index (χ0n) is 24.8. The van der Waals surface area contributed by atoms with Crippen LogP contribution in [0, 0.1) is 0 Å². The first-order valence-electron chi connectivity index (χ1n) is 14.5.